The molecule has 0 bridgehead atoms. The number of carbonyl (C=O) groups excluding carboxylic acids is 2. The molecule has 41 heavy (non-hydrogen) atoms. The lowest BCUT2D eigenvalue weighted by Crippen LogP contribution is -2.34. The number of aliphatic hydroxyl groups excluding tert-OH is 1. The molecule has 2 amide bonds. The van der Waals surface area contributed by atoms with Gasteiger partial charge in [0.1, 0.15) is 0 Å². The molecule has 210 valence electrons. The minimum atomic E-state index is -0.974. The summed E-state index contributed by atoms with van der Waals surface area (Å²) in [5.41, 5.74) is 3.83. The van der Waals surface area contributed by atoms with Crippen LogP contribution in [0.3, 0.4) is 0 Å². The summed E-state index contributed by atoms with van der Waals surface area (Å²) in [7, 11) is 0. The van der Waals surface area contributed by atoms with Crippen molar-refractivity contribution in [1.82, 2.24) is 10.2 Å². The standard InChI is InChI=1S/C34H34N2O5/c37-24-31(26-15-5-2-6-16-26)35-33(40)29-19-9-7-17-27(29)28-18-8-10-20-30(28)34(41)36(23-21-32(38)39)22-11-14-25-12-3-1-4-13-25/h1-10,12-13,15-20,31,37H,11,14,21-24H2,(H,35,40)(H,38,39). The van der Waals surface area contributed by atoms with Crippen molar-refractivity contribution in [2.45, 2.75) is 25.3 Å². The van der Waals surface area contributed by atoms with E-state index in [1.165, 1.54) is 0 Å². The Kier molecular flexibility index (Phi) is 10.4. The summed E-state index contributed by atoms with van der Waals surface area (Å²) in [5.74, 6) is -1.64. The van der Waals surface area contributed by atoms with Gasteiger partial charge in [0.05, 0.1) is 19.1 Å². The second-order valence-corrected chi connectivity index (χ2v) is 9.74. The normalized spacial score (nSPS) is 11.4. The number of carboxylic acid groups (broad SMARTS) is 1. The summed E-state index contributed by atoms with van der Waals surface area (Å²) in [6.07, 6.45) is 1.27. The quantitative estimate of drug-likeness (QED) is 0.208. The summed E-state index contributed by atoms with van der Waals surface area (Å²) < 4.78 is 0. The van der Waals surface area contributed by atoms with E-state index in [0.29, 0.717) is 35.2 Å². The SMILES string of the molecule is O=C(O)CCN(CCCc1ccccc1)C(=O)c1ccccc1-c1ccccc1C(=O)NC(CO)c1ccccc1. The number of aliphatic carboxylic acids is 1. The Morgan fingerprint density at radius 1 is 0.707 bits per heavy atom. The first-order chi connectivity index (χ1) is 20.0. The lowest BCUT2D eigenvalue weighted by Gasteiger charge is -2.24. The van der Waals surface area contributed by atoms with Crippen LogP contribution in [-0.4, -0.2) is 52.6 Å². The van der Waals surface area contributed by atoms with E-state index < -0.39 is 12.0 Å². The Morgan fingerprint density at radius 2 is 1.27 bits per heavy atom. The molecule has 0 aromatic heterocycles. The predicted octanol–water partition coefficient (Wildman–Crippen LogP) is 5.37. The molecular formula is C34H34N2O5. The zero-order valence-electron chi connectivity index (χ0n) is 22.8. The zero-order valence-corrected chi connectivity index (χ0v) is 22.8. The third-order valence-corrected chi connectivity index (χ3v) is 6.93. The number of carboxylic acids is 1. The fourth-order valence-electron chi connectivity index (χ4n) is 4.81. The average molecular weight is 551 g/mol. The maximum atomic E-state index is 13.9. The largest absolute Gasteiger partial charge is 0.481 e. The highest BCUT2D eigenvalue weighted by atomic mass is 16.4. The highest BCUT2D eigenvalue weighted by molar-refractivity contribution is 6.06. The first-order valence-corrected chi connectivity index (χ1v) is 13.7. The van der Waals surface area contributed by atoms with E-state index >= 15 is 0 Å². The number of amides is 2. The molecule has 1 atom stereocenters. The topological polar surface area (TPSA) is 107 Å². The van der Waals surface area contributed by atoms with Gasteiger partial charge >= 0.3 is 5.97 Å². The molecule has 7 heteroatoms. The van der Waals surface area contributed by atoms with E-state index in [1.807, 2.05) is 60.7 Å². The monoisotopic (exact) mass is 550 g/mol. The number of nitrogens with one attached hydrogen (secondary N) is 1. The number of hydrogen-bond donors (Lipinski definition) is 3. The van der Waals surface area contributed by atoms with Crippen LogP contribution in [-0.2, 0) is 11.2 Å². The summed E-state index contributed by atoms with van der Waals surface area (Å²) in [6, 6.07) is 32.7. The third-order valence-electron chi connectivity index (χ3n) is 6.93. The fraction of sp³-hybridized carbons (Fsp3) is 0.206. The highest BCUT2D eigenvalue weighted by Crippen LogP contribution is 2.29. The van der Waals surface area contributed by atoms with Crippen molar-refractivity contribution in [3.8, 4) is 11.1 Å². The van der Waals surface area contributed by atoms with Gasteiger partial charge < -0.3 is 20.4 Å². The first kappa shape index (κ1) is 29.2. The summed E-state index contributed by atoms with van der Waals surface area (Å²) in [5, 5.41) is 22.2. The molecule has 0 spiro atoms. The molecule has 4 rings (SSSR count). The molecule has 7 nitrogen and oxygen atoms in total. The van der Waals surface area contributed by atoms with Gasteiger partial charge in [-0.2, -0.15) is 0 Å². The van der Waals surface area contributed by atoms with Crippen LogP contribution in [0.1, 0.15) is 50.7 Å². The number of aryl methyl sites for hydroxylation is 1. The van der Waals surface area contributed by atoms with E-state index in [9.17, 15) is 24.6 Å². The third kappa shape index (κ3) is 7.90. The maximum absolute atomic E-state index is 13.9. The van der Waals surface area contributed by atoms with Gasteiger partial charge in [0.2, 0.25) is 0 Å². The van der Waals surface area contributed by atoms with Crippen molar-refractivity contribution < 1.29 is 24.6 Å². The molecule has 1 unspecified atom stereocenters. The molecule has 0 heterocycles. The molecule has 0 saturated carbocycles. The predicted molar refractivity (Wildman–Crippen MR) is 159 cm³/mol. The van der Waals surface area contributed by atoms with Crippen molar-refractivity contribution in [2.24, 2.45) is 0 Å². The average Bonchev–Trinajstić information content (AvgIpc) is 3.02. The fourth-order valence-corrected chi connectivity index (χ4v) is 4.81. The second kappa shape index (κ2) is 14.6. The molecule has 4 aromatic rings. The van der Waals surface area contributed by atoms with Crippen LogP contribution in [0.15, 0.2) is 109 Å². The number of rotatable bonds is 13. The molecule has 4 aromatic carbocycles. The number of hydrogen-bond acceptors (Lipinski definition) is 4. The molecule has 0 fully saturated rings. The van der Waals surface area contributed by atoms with Crippen LogP contribution < -0.4 is 5.32 Å². The van der Waals surface area contributed by atoms with Crippen molar-refractivity contribution in [3.63, 3.8) is 0 Å². The molecule has 0 saturated heterocycles. The van der Waals surface area contributed by atoms with E-state index in [-0.39, 0.29) is 31.4 Å². The molecule has 0 radical (unpaired) electrons. The molecule has 0 aliphatic heterocycles. The lowest BCUT2D eigenvalue weighted by atomic mass is 9.94. The van der Waals surface area contributed by atoms with Gasteiger partial charge in [-0.05, 0) is 47.2 Å². The Bertz CT molecular complexity index is 1460. The van der Waals surface area contributed by atoms with Crippen LogP contribution in [0.4, 0.5) is 0 Å². The summed E-state index contributed by atoms with van der Waals surface area (Å²) in [4.78, 5) is 40.3. The van der Waals surface area contributed by atoms with E-state index in [0.717, 1.165) is 17.5 Å². The van der Waals surface area contributed by atoms with Gasteiger partial charge in [0, 0.05) is 24.2 Å². The number of nitrogens with zero attached hydrogens (tertiary/aromatic N) is 1. The molecular weight excluding hydrogens is 516 g/mol. The second-order valence-electron chi connectivity index (χ2n) is 9.74. The Balaban J connectivity index is 1.60. The molecule has 0 aliphatic rings. The Hall–Kier alpha value is -4.75. The highest BCUT2D eigenvalue weighted by Gasteiger charge is 2.23. The van der Waals surface area contributed by atoms with Gasteiger partial charge in [0.15, 0.2) is 0 Å². The van der Waals surface area contributed by atoms with Crippen molar-refractivity contribution in [2.75, 3.05) is 19.7 Å². The van der Waals surface area contributed by atoms with Crippen molar-refractivity contribution in [1.29, 1.82) is 0 Å². The van der Waals surface area contributed by atoms with Gasteiger partial charge in [0.25, 0.3) is 11.8 Å². The van der Waals surface area contributed by atoms with Crippen LogP contribution in [0.2, 0.25) is 0 Å². The maximum Gasteiger partial charge on any atom is 0.305 e. The van der Waals surface area contributed by atoms with Crippen LogP contribution >= 0.6 is 0 Å². The number of aliphatic hydroxyl groups is 1. The Morgan fingerprint density at radius 3 is 1.90 bits per heavy atom. The molecule has 3 N–H and O–H groups in total. The summed E-state index contributed by atoms with van der Waals surface area (Å²) >= 11 is 0. The van der Waals surface area contributed by atoms with Gasteiger partial charge in [-0.25, -0.2) is 0 Å². The minimum Gasteiger partial charge on any atom is -0.481 e. The zero-order chi connectivity index (χ0) is 29.0. The van der Waals surface area contributed by atoms with Gasteiger partial charge in [-0.15, -0.1) is 0 Å². The first-order valence-electron chi connectivity index (χ1n) is 13.7. The van der Waals surface area contributed by atoms with Crippen LogP contribution in [0.5, 0.6) is 0 Å². The number of carbonyl (C=O) groups is 3. The van der Waals surface area contributed by atoms with Gasteiger partial charge in [-0.1, -0.05) is 97.1 Å². The lowest BCUT2D eigenvalue weighted by molar-refractivity contribution is -0.137. The van der Waals surface area contributed by atoms with E-state index in [4.69, 9.17) is 0 Å². The number of benzene rings is 4. The van der Waals surface area contributed by atoms with E-state index in [1.54, 1.807) is 53.4 Å². The van der Waals surface area contributed by atoms with Crippen LogP contribution in [0.25, 0.3) is 11.1 Å². The minimum absolute atomic E-state index is 0.0781. The van der Waals surface area contributed by atoms with E-state index in [2.05, 4.69) is 5.32 Å². The smallest absolute Gasteiger partial charge is 0.305 e. The van der Waals surface area contributed by atoms with Crippen LogP contribution in [0, 0.1) is 0 Å². The summed E-state index contributed by atoms with van der Waals surface area (Å²) in [6.45, 7) is 0.204. The molecule has 0 aliphatic carbocycles. The van der Waals surface area contributed by atoms with Crippen molar-refractivity contribution >= 4 is 17.8 Å². The van der Waals surface area contributed by atoms with Gasteiger partial charge in [-0.3, -0.25) is 14.4 Å². The Labute approximate surface area is 240 Å². The van der Waals surface area contributed by atoms with Crippen molar-refractivity contribution in [3.05, 3.63) is 131 Å².